The van der Waals surface area contributed by atoms with E-state index in [0.717, 1.165) is 56.9 Å². The minimum absolute atomic E-state index is 0.00714. The van der Waals surface area contributed by atoms with Crippen molar-refractivity contribution in [2.24, 2.45) is 56.7 Å². The molecule has 1 N–H and O–H groups in total. The maximum Gasteiger partial charge on any atom is 0.309 e. The molecule has 0 aromatic carbocycles. The zero-order valence-corrected chi connectivity index (χ0v) is 28.0. The Balaban J connectivity index is 1.51. The van der Waals surface area contributed by atoms with Gasteiger partial charge >= 0.3 is 23.9 Å². The average molecular weight is 615 g/mol. The van der Waals surface area contributed by atoms with Crippen LogP contribution in [0.3, 0.4) is 0 Å². The molecule has 5 fully saturated rings. The van der Waals surface area contributed by atoms with Gasteiger partial charge in [-0.25, -0.2) is 0 Å². The quantitative estimate of drug-likeness (QED) is 0.190. The van der Waals surface area contributed by atoms with Crippen LogP contribution in [-0.2, 0) is 33.4 Å². The highest BCUT2D eigenvalue weighted by atomic mass is 16.6. The molecule has 0 amide bonds. The second kappa shape index (κ2) is 11.2. The molecular formula is C36H54O8. The Morgan fingerprint density at radius 3 is 2.05 bits per heavy atom. The highest BCUT2D eigenvalue weighted by molar-refractivity contribution is 5.76. The monoisotopic (exact) mass is 614 g/mol. The van der Waals surface area contributed by atoms with Crippen LogP contribution in [-0.4, -0.2) is 48.3 Å². The standard InChI is InChI=1S/C36H54O8/c1-21(19-42-22(2)37)25-11-16-36(31(40)41)18-17-34(7)26(30(25)36)9-10-28-32(5)14-13-29(44-24(4)39)33(6,20-43-23(3)38)27(32)12-15-35(28,34)8/h25-30H,1,9-20H2,2-8H3,(H,40,41)/t25?,26?,27?,28?,29-,30?,32-,33-,34+,35+,36-/m0/s1. The molecule has 11 atom stereocenters. The van der Waals surface area contributed by atoms with Gasteiger partial charge in [0, 0.05) is 26.2 Å². The molecule has 0 radical (unpaired) electrons. The molecule has 5 aliphatic carbocycles. The largest absolute Gasteiger partial charge is 0.481 e. The van der Waals surface area contributed by atoms with Crippen LogP contribution in [0.5, 0.6) is 0 Å². The van der Waals surface area contributed by atoms with Gasteiger partial charge in [-0.05, 0) is 116 Å². The number of carboxylic acid groups (broad SMARTS) is 1. The minimum Gasteiger partial charge on any atom is -0.481 e. The molecule has 246 valence electrons. The second-order valence-corrected chi connectivity index (χ2v) is 16.2. The Bertz CT molecular complexity index is 1230. The van der Waals surface area contributed by atoms with E-state index in [4.69, 9.17) is 14.2 Å². The highest BCUT2D eigenvalue weighted by Gasteiger charge is 2.72. The number of carbonyl (C=O) groups excluding carboxylic acids is 3. The van der Waals surface area contributed by atoms with Gasteiger partial charge in [-0.2, -0.15) is 0 Å². The van der Waals surface area contributed by atoms with Crippen LogP contribution in [0, 0.1) is 56.7 Å². The van der Waals surface area contributed by atoms with Crippen molar-refractivity contribution in [1.82, 2.24) is 0 Å². The van der Waals surface area contributed by atoms with Crippen molar-refractivity contribution in [2.75, 3.05) is 13.2 Å². The van der Waals surface area contributed by atoms with E-state index < -0.39 is 16.8 Å². The lowest BCUT2D eigenvalue weighted by atomic mass is 9.32. The van der Waals surface area contributed by atoms with Crippen molar-refractivity contribution in [3.8, 4) is 0 Å². The summed E-state index contributed by atoms with van der Waals surface area (Å²) in [5.74, 6) is -0.787. The van der Waals surface area contributed by atoms with Crippen LogP contribution in [0.25, 0.3) is 0 Å². The molecule has 0 aromatic rings. The molecule has 5 rings (SSSR count). The van der Waals surface area contributed by atoms with Crippen LogP contribution >= 0.6 is 0 Å². The zero-order chi connectivity index (χ0) is 32.5. The van der Waals surface area contributed by atoms with Gasteiger partial charge in [0.25, 0.3) is 0 Å². The Kier molecular flexibility index (Phi) is 8.36. The van der Waals surface area contributed by atoms with Crippen molar-refractivity contribution in [2.45, 2.75) is 119 Å². The first-order chi connectivity index (χ1) is 20.5. The van der Waals surface area contributed by atoms with Gasteiger partial charge in [0.1, 0.15) is 19.3 Å². The van der Waals surface area contributed by atoms with E-state index in [1.165, 1.54) is 20.8 Å². The van der Waals surface area contributed by atoms with Crippen molar-refractivity contribution >= 4 is 23.9 Å². The van der Waals surface area contributed by atoms with Gasteiger partial charge in [-0.3, -0.25) is 19.2 Å². The van der Waals surface area contributed by atoms with Crippen LogP contribution in [0.4, 0.5) is 0 Å². The summed E-state index contributed by atoms with van der Waals surface area (Å²) in [7, 11) is 0. The third-order valence-electron chi connectivity index (χ3n) is 14.5. The van der Waals surface area contributed by atoms with Gasteiger partial charge in [0.15, 0.2) is 0 Å². The van der Waals surface area contributed by atoms with Crippen molar-refractivity contribution < 1.29 is 38.5 Å². The molecule has 5 aliphatic rings. The SMILES string of the molecule is C=C(COC(C)=O)C1CC[C@]2(C(=O)O)CC[C@]3(C)C(CCC4[C@@]5(C)CC[C@H](OC(C)=O)[C@@](C)(COC(C)=O)C5CC[C@]43C)C12. The maximum atomic E-state index is 13.1. The van der Waals surface area contributed by atoms with Gasteiger partial charge < -0.3 is 19.3 Å². The van der Waals surface area contributed by atoms with E-state index in [-0.39, 0.29) is 77.1 Å². The second-order valence-electron chi connectivity index (χ2n) is 16.2. The van der Waals surface area contributed by atoms with Crippen molar-refractivity contribution in [3.05, 3.63) is 12.2 Å². The van der Waals surface area contributed by atoms with E-state index in [0.29, 0.717) is 18.8 Å². The molecule has 0 aliphatic heterocycles. The van der Waals surface area contributed by atoms with E-state index in [9.17, 15) is 24.3 Å². The first-order valence-electron chi connectivity index (χ1n) is 16.8. The Labute approximate surface area is 263 Å². The number of fused-ring (bicyclic) bond motifs is 7. The lowest BCUT2D eigenvalue weighted by molar-refractivity contribution is -0.257. The van der Waals surface area contributed by atoms with E-state index in [2.05, 4.69) is 34.3 Å². The topological polar surface area (TPSA) is 116 Å². The molecule has 8 nitrogen and oxygen atoms in total. The highest BCUT2D eigenvalue weighted by Crippen LogP contribution is 2.77. The van der Waals surface area contributed by atoms with Crippen LogP contribution in [0.15, 0.2) is 12.2 Å². The smallest absolute Gasteiger partial charge is 0.309 e. The van der Waals surface area contributed by atoms with Crippen molar-refractivity contribution in [1.29, 1.82) is 0 Å². The van der Waals surface area contributed by atoms with Crippen molar-refractivity contribution in [3.63, 3.8) is 0 Å². The lowest BCUT2D eigenvalue weighted by Crippen LogP contribution is -2.68. The number of rotatable bonds is 7. The molecule has 8 heteroatoms. The Hall–Kier alpha value is -2.38. The third kappa shape index (κ3) is 4.74. The fraction of sp³-hybridized carbons (Fsp3) is 0.833. The average Bonchev–Trinajstić information content (AvgIpc) is 3.34. The molecule has 5 saturated carbocycles. The lowest BCUT2D eigenvalue weighted by Gasteiger charge is -2.72. The van der Waals surface area contributed by atoms with E-state index >= 15 is 0 Å². The Morgan fingerprint density at radius 1 is 0.750 bits per heavy atom. The molecule has 0 heterocycles. The number of esters is 3. The van der Waals surface area contributed by atoms with Gasteiger partial charge in [-0.1, -0.05) is 34.3 Å². The first kappa shape index (κ1) is 33.0. The molecule has 44 heavy (non-hydrogen) atoms. The summed E-state index contributed by atoms with van der Waals surface area (Å²) < 4.78 is 17.0. The summed E-state index contributed by atoms with van der Waals surface area (Å²) in [6.45, 7) is 18.5. The minimum atomic E-state index is -0.761. The molecule has 0 bridgehead atoms. The number of hydrogen-bond acceptors (Lipinski definition) is 7. The van der Waals surface area contributed by atoms with Gasteiger partial charge in [-0.15, -0.1) is 0 Å². The predicted octanol–water partition coefficient (Wildman–Crippen LogP) is 6.75. The molecule has 0 saturated heterocycles. The number of ether oxygens (including phenoxy) is 3. The summed E-state index contributed by atoms with van der Waals surface area (Å²) in [4.78, 5) is 48.9. The summed E-state index contributed by atoms with van der Waals surface area (Å²) >= 11 is 0. The molecule has 0 aromatic heterocycles. The van der Waals surface area contributed by atoms with Crippen LogP contribution in [0.1, 0.15) is 113 Å². The van der Waals surface area contributed by atoms with Crippen LogP contribution < -0.4 is 0 Å². The van der Waals surface area contributed by atoms with Gasteiger partial charge in [0.2, 0.25) is 0 Å². The number of carbonyl (C=O) groups is 4. The molecule has 5 unspecified atom stereocenters. The van der Waals surface area contributed by atoms with E-state index in [1.807, 2.05) is 0 Å². The van der Waals surface area contributed by atoms with Crippen LogP contribution in [0.2, 0.25) is 0 Å². The third-order valence-corrected chi connectivity index (χ3v) is 14.5. The first-order valence-corrected chi connectivity index (χ1v) is 16.8. The number of aliphatic carboxylic acids is 1. The summed E-state index contributed by atoms with van der Waals surface area (Å²) in [5, 5.41) is 10.7. The summed E-state index contributed by atoms with van der Waals surface area (Å²) in [5.41, 5.74) is -0.501. The summed E-state index contributed by atoms with van der Waals surface area (Å²) in [6, 6.07) is 0. The predicted molar refractivity (Wildman–Crippen MR) is 164 cm³/mol. The van der Waals surface area contributed by atoms with E-state index in [1.54, 1.807) is 0 Å². The zero-order valence-electron chi connectivity index (χ0n) is 28.0. The fourth-order valence-electron chi connectivity index (χ4n) is 12.4. The Morgan fingerprint density at radius 2 is 1.43 bits per heavy atom. The fourth-order valence-corrected chi connectivity index (χ4v) is 12.4. The maximum absolute atomic E-state index is 13.1. The normalized spacial score (nSPS) is 45.9. The number of hydrogen-bond donors (Lipinski definition) is 1. The molecular weight excluding hydrogens is 560 g/mol. The molecule has 0 spiro atoms. The van der Waals surface area contributed by atoms with Gasteiger partial charge in [0.05, 0.1) is 5.41 Å². The number of carboxylic acids is 1. The summed E-state index contributed by atoms with van der Waals surface area (Å²) in [6.07, 6.45) is 8.27.